The van der Waals surface area contributed by atoms with Crippen molar-refractivity contribution >= 4 is 38.7 Å². The van der Waals surface area contributed by atoms with Crippen molar-refractivity contribution in [2.24, 2.45) is 0 Å². The van der Waals surface area contributed by atoms with E-state index in [-0.39, 0.29) is 5.75 Å². The second kappa shape index (κ2) is 5.61. The maximum Gasteiger partial charge on any atom is 0.242 e. The number of rotatable bonds is 2. The first-order valence-electron chi connectivity index (χ1n) is 6.39. The maximum atomic E-state index is 12.2. The summed E-state index contributed by atoms with van der Waals surface area (Å²) in [5.41, 5.74) is 7.33. The topological polar surface area (TPSA) is 89.3 Å². The number of benzene rings is 1. The Morgan fingerprint density at radius 2 is 2.10 bits per heavy atom. The molecule has 2 rings (SSSR count). The van der Waals surface area contributed by atoms with Crippen molar-refractivity contribution in [1.29, 1.82) is 0 Å². The van der Waals surface area contributed by atoms with Gasteiger partial charge in [-0.1, -0.05) is 18.0 Å². The fourth-order valence-electron chi connectivity index (χ4n) is 2.30. The fraction of sp³-hybridized carbons (Fsp3) is 0.462. The molecule has 7 heteroatoms. The van der Waals surface area contributed by atoms with Gasteiger partial charge in [0.15, 0.2) is 9.84 Å². The summed E-state index contributed by atoms with van der Waals surface area (Å²) >= 11 is 5.92. The minimum atomic E-state index is -3.34. The monoisotopic (exact) mass is 316 g/mol. The standard InChI is InChI=1S/C13H17ClN2O3S/c1-8-6-10(15)9(14)7-11(8)16-13(17)12-4-2-3-5-20(12,18)19/h6-7,12H,2-5,15H2,1H3,(H,16,17). The molecule has 1 aromatic carbocycles. The summed E-state index contributed by atoms with van der Waals surface area (Å²) in [5, 5.41) is 2.01. The van der Waals surface area contributed by atoms with E-state index < -0.39 is 21.0 Å². The molecule has 1 amide bonds. The second-order valence-electron chi connectivity index (χ2n) is 5.03. The van der Waals surface area contributed by atoms with E-state index >= 15 is 0 Å². The first-order valence-corrected chi connectivity index (χ1v) is 8.48. The highest BCUT2D eigenvalue weighted by molar-refractivity contribution is 7.92. The lowest BCUT2D eigenvalue weighted by atomic mass is 10.1. The maximum absolute atomic E-state index is 12.2. The van der Waals surface area contributed by atoms with E-state index in [0.717, 1.165) is 12.0 Å². The Bertz CT molecular complexity index is 643. The average Bonchev–Trinajstić information content (AvgIpc) is 2.35. The molecule has 5 nitrogen and oxygen atoms in total. The summed E-state index contributed by atoms with van der Waals surface area (Å²) < 4.78 is 23.8. The molecule has 1 heterocycles. The predicted octanol–water partition coefficient (Wildman–Crippen LogP) is 2.14. The van der Waals surface area contributed by atoms with Gasteiger partial charge < -0.3 is 11.1 Å². The van der Waals surface area contributed by atoms with Crippen LogP contribution in [0.1, 0.15) is 24.8 Å². The van der Waals surface area contributed by atoms with Crippen molar-refractivity contribution in [3.8, 4) is 0 Å². The highest BCUT2D eigenvalue weighted by Gasteiger charge is 2.34. The van der Waals surface area contributed by atoms with Crippen LogP contribution in [0, 0.1) is 6.92 Å². The zero-order valence-corrected chi connectivity index (χ0v) is 12.7. The summed E-state index contributed by atoms with van der Waals surface area (Å²) in [5.74, 6) is -0.416. The molecule has 20 heavy (non-hydrogen) atoms. The van der Waals surface area contributed by atoms with Gasteiger partial charge in [0.05, 0.1) is 16.5 Å². The number of sulfone groups is 1. The zero-order chi connectivity index (χ0) is 14.9. The summed E-state index contributed by atoms with van der Waals surface area (Å²) in [7, 11) is -3.34. The molecule has 1 aliphatic heterocycles. The minimum Gasteiger partial charge on any atom is -0.398 e. The molecule has 0 spiro atoms. The lowest BCUT2D eigenvalue weighted by molar-refractivity contribution is -0.116. The third kappa shape index (κ3) is 3.07. The lowest BCUT2D eigenvalue weighted by Gasteiger charge is -2.22. The van der Waals surface area contributed by atoms with Gasteiger partial charge in [-0.3, -0.25) is 4.79 Å². The Morgan fingerprint density at radius 3 is 2.75 bits per heavy atom. The van der Waals surface area contributed by atoms with Gasteiger partial charge in [0.2, 0.25) is 5.91 Å². The second-order valence-corrected chi connectivity index (χ2v) is 7.74. The zero-order valence-electron chi connectivity index (χ0n) is 11.1. The molecule has 3 N–H and O–H groups in total. The number of amides is 1. The largest absolute Gasteiger partial charge is 0.398 e. The average molecular weight is 317 g/mol. The first kappa shape index (κ1) is 15.1. The van der Waals surface area contributed by atoms with Crippen molar-refractivity contribution < 1.29 is 13.2 Å². The van der Waals surface area contributed by atoms with Crippen LogP contribution >= 0.6 is 11.6 Å². The Morgan fingerprint density at radius 1 is 1.40 bits per heavy atom. The van der Waals surface area contributed by atoms with E-state index in [2.05, 4.69) is 5.32 Å². The minimum absolute atomic E-state index is 0.0760. The fourth-order valence-corrected chi connectivity index (χ4v) is 4.27. The molecule has 1 saturated heterocycles. The number of halogens is 1. The van der Waals surface area contributed by atoms with Crippen molar-refractivity contribution in [3.05, 3.63) is 22.7 Å². The molecule has 110 valence electrons. The van der Waals surface area contributed by atoms with Gasteiger partial charge in [0, 0.05) is 5.69 Å². The van der Waals surface area contributed by atoms with Gasteiger partial charge in [-0.25, -0.2) is 8.42 Å². The number of nitrogens with two attached hydrogens (primary N) is 1. The summed E-state index contributed by atoms with van der Waals surface area (Å²) in [6.07, 6.45) is 1.74. The van der Waals surface area contributed by atoms with Crippen molar-refractivity contribution in [1.82, 2.24) is 0 Å². The van der Waals surface area contributed by atoms with E-state index in [9.17, 15) is 13.2 Å². The first-order chi connectivity index (χ1) is 9.31. The van der Waals surface area contributed by atoms with Crippen LogP contribution in [0.3, 0.4) is 0 Å². The van der Waals surface area contributed by atoms with Crippen LogP contribution in [0.5, 0.6) is 0 Å². The molecule has 0 aliphatic carbocycles. The van der Waals surface area contributed by atoms with Crippen LogP contribution in [-0.4, -0.2) is 25.3 Å². The molecular weight excluding hydrogens is 300 g/mol. The van der Waals surface area contributed by atoms with E-state index in [1.165, 1.54) is 0 Å². The van der Waals surface area contributed by atoms with E-state index in [1.807, 2.05) is 0 Å². The SMILES string of the molecule is Cc1cc(N)c(Cl)cc1NC(=O)C1CCCCS1(=O)=O. The normalized spacial score (nSPS) is 21.4. The number of aryl methyl sites for hydroxylation is 1. The van der Waals surface area contributed by atoms with Gasteiger partial charge in [0.1, 0.15) is 5.25 Å². The molecular formula is C13H17ClN2O3S. The third-order valence-corrected chi connectivity index (χ3v) is 5.97. The number of nitrogens with one attached hydrogen (secondary N) is 1. The molecule has 1 fully saturated rings. The van der Waals surface area contributed by atoms with Gasteiger partial charge in [-0.15, -0.1) is 0 Å². The van der Waals surface area contributed by atoms with Crippen LogP contribution in [-0.2, 0) is 14.6 Å². The molecule has 0 aromatic heterocycles. The molecule has 0 radical (unpaired) electrons. The van der Waals surface area contributed by atoms with Gasteiger partial charge in [-0.05, 0) is 37.5 Å². The molecule has 1 unspecified atom stereocenters. The molecule has 1 aromatic rings. The number of anilines is 2. The van der Waals surface area contributed by atoms with Crippen molar-refractivity contribution in [2.45, 2.75) is 31.4 Å². The summed E-state index contributed by atoms with van der Waals surface area (Å²) in [4.78, 5) is 12.2. The Hall–Kier alpha value is -1.27. The van der Waals surface area contributed by atoms with E-state index in [4.69, 9.17) is 17.3 Å². The smallest absolute Gasteiger partial charge is 0.242 e. The number of carbonyl (C=O) groups is 1. The van der Waals surface area contributed by atoms with Crippen molar-refractivity contribution in [3.63, 3.8) is 0 Å². The van der Waals surface area contributed by atoms with Crippen molar-refractivity contribution in [2.75, 3.05) is 16.8 Å². The molecule has 0 bridgehead atoms. The number of hydrogen-bond donors (Lipinski definition) is 2. The van der Waals surface area contributed by atoms with Gasteiger partial charge in [-0.2, -0.15) is 0 Å². The summed E-state index contributed by atoms with van der Waals surface area (Å²) in [6.45, 7) is 1.78. The van der Waals surface area contributed by atoms with E-state index in [0.29, 0.717) is 29.2 Å². The van der Waals surface area contributed by atoms with Crippen LogP contribution in [0.25, 0.3) is 0 Å². The van der Waals surface area contributed by atoms with Crippen LogP contribution in [0.2, 0.25) is 5.02 Å². The Labute approximate surface area is 123 Å². The predicted molar refractivity (Wildman–Crippen MR) is 80.7 cm³/mol. The molecule has 1 aliphatic rings. The number of hydrogen-bond acceptors (Lipinski definition) is 4. The molecule has 0 saturated carbocycles. The van der Waals surface area contributed by atoms with Crippen LogP contribution < -0.4 is 11.1 Å². The van der Waals surface area contributed by atoms with E-state index in [1.54, 1.807) is 19.1 Å². The number of nitrogen functional groups attached to an aromatic ring is 1. The van der Waals surface area contributed by atoms with Crippen LogP contribution in [0.4, 0.5) is 11.4 Å². The third-order valence-electron chi connectivity index (χ3n) is 3.47. The summed E-state index contributed by atoms with van der Waals surface area (Å²) in [6, 6.07) is 3.19. The quantitative estimate of drug-likeness (QED) is 0.818. The van der Waals surface area contributed by atoms with Gasteiger partial charge >= 0.3 is 0 Å². The molecule has 1 atom stereocenters. The van der Waals surface area contributed by atoms with Gasteiger partial charge in [0.25, 0.3) is 0 Å². The lowest BCUT2D eigenvalue weighted by Crippen LogP contribution is -2.39. The Balaban J connectivity index is 2.22. The highest BCUT2D eigenvalue weighted by Crippen LogP contribution is 2.28. The Kier molecular flexibility index (Phi) is 4.25. The number of carbonyl (C=O) groups excluding carboxylic acids is 1. The highest BCUT2D eigenvalue weighted by atomic mass is 35.5. The van der Waals surface area contributed by atoms with Crippen LogP contribution in [0.15, 0.2) is 12.1 Å².